The van der Waals surface area contributed by atoms with E-state index in [2.05, 4.69) is 53.1 Å². The lowest BCUT2D eigenvalue weighted by Gasteiger charge is -2.36. The molecule has 1 N–H and O–H groups in total. The van der Waals surface area contributed by atoms with Crippen LogP contribution in [-0.4, -0.2) is 51.3 Å². The van der Waals surface area contributed by atoms with Crippen molar-refractivity contribution in [2.75, 3.05) is 36.0 Å². The number of fused-ring (bicyclic) bond motifs is 1. The van der Waals surface area contributed by atoms with E-state index >= 15 is 0 Å². The molecule has 0 saturated carbocycles. The van der Waals surface area contributed by atoms with E-state index in [0.717, 1.165) is 59.8 Å². The first-order valence-electron chi connectivity index (χ1n) is 9.03. The van der Waals surface area contributed by atoms with Gasteiger partial charge in [-0.2, -0.15) is 5.10 Å². The van der Waals surface area contributed by atoms with Gasteiger partial charge < -0.3 is 9.80 Å². The first-order chi connectivity index (χ1) is 13.4. The average Bonchev–Trinajstić information content (AvgIpc) is 3.29. The first kappa shape index (κ1) is 15.7. The van der Waals surface area contributed by atoms with Crippen molar-refractivity contribution in [2.45, 2.75) is 0 Å². The van der Waals surface area contributed by atoms with Gasteiger partial charge in [0.2, 0.25) is 0 Å². The number of pyridine rings is 1. The van der Waals surface area contributed by atoms with E-state index in [4.69, 9.17) is 0 Å². The molecule has 5 rings (SSSR count). The number of rotatable bonds is 3. The second-order valence-electron chi connectivity index (χ2n) is 6.58. The molecule has 0 amide bonds. The monoisotopic (exact) mass is 357 g/mol. The lowest BCUT2D eigenvalue weighted by molar-refractivity contribution is 0.643. The molecule has 0 spiro atoms. The summed E-state index contributed by atoms with van der Waals surface area (Å²) in [5, 5.41) is 7.99. The lowest BCUT2D eigenvalue weighted by Crippen LogP contribution is -2.47. The molecule has 3 aromatic heterocycles. The number of piperazine rings is 1. The Kier molecular flexibility index (Phi) is 3.90. The fraction of sp³-hybridized carbons (Fsp3) is 0.200. The van der Waals surface area contributed by atoms with Crippen LogP contribution in [0.25, 0.3) is 22.0 Å². The molecule has 1 aromatic carbocycles. The largest absolute Gasteiger partial charge is 0.353 e. The summed E-state index contributed by atoms with van der Waals surface area (Å²) >= 11 is 0. The number of aromatic amines is 1. The molecule has 1 saturated heterocycles. The topological polar surface area (TPSA) is 73.8 Å². The quantitative estimate of drug-likeness (QED) is 0.608. The van der Waals surface area contributed by atoms with Gasteiger partial charge in [-0.3, -0.25) is 5.10 Å². The van der Waals surface area contributed by atoms with Gasteiger partial charge >= 0.3 is 0 Å². The number of H-pyrrole nitrogens is 1. The molecule has 7 heteroatoms. The summed E-state index contributed by atoms with van der Waals surface area (Å²) in [6.45, 7) is 3.64. The zero-order valence-electron chi connectivity index (χ0n) is 14.8. The predicted octanol–water partition coefficient (Wildman–Crippen LogP) is 2.74. The van der Waals surface area contributed by atoms with Gasteiger partial charge in [-0.25, -0.2) is 15.0 Å². The summed E-state index contributed by atoms with van der Waals surface area (Å²) in [6.07, 6.45) is 7.23. The average molecular weight is 357 g/mol. The van der Waals surface area contributed by atoms with Crippen LogP contribution in [0.2, 0.25) is 0 Å². The minimum atomic E-state index is 0.901. The van der Waals surface area contributed by atoms with Crippen molar-refractivity contribution in [1.82, 2.24) is 25.1 Å². The molecule has 0 radical (unpaired) electrons. The third kappa shape index (κ3) is 2.97. The lowest BCUT2D eigenvalue weighted by atomic mass is 10.1. The minimum absolute atomic E-state index is 0.901. The standard InChI is InChI=1S/C20H19N7/c1-2-6-21-19(3-1)26-7-9-27(10-8-26)20-17-11-15(16-12-24-25-13-16)4-5-18(17)22-14-23-20/h1-6,11-14H,7-10H2,(H,24,25). The smallest absolute Gasteiger partial charge is 0.140 e. The number of benzene rings is 1. The summed E-state index contributed by atoms with van der Waals surface area (Å²) in [5.41, 5.74) is 3.13. The Hall–Kier alpha value is -3.48. The summed E-state index contributed by atoms with van der Waals surface area (Å²) in [4.78, 5) is 18.2. The van der Waals surface area contributed by atoms with E-state index in [1.165, 1.54) is 0 Å². The molecule has 1 aliphatic heterocycles. The maximum Gasteiger partial charge on any atom is 0.140 e. The molecule has 1 fully saturated rings. The second kappa shape index (κ2) is 6.68. The molecule has 1 aliphatic rings. The molecule has 134 valence electrons. The molecular weight excluding hydrogens is 338 g/mol. The fourth-order valence-electron chi connectivity index (χ4n) is 3.57. The highest BCUT2D eigenvalue weighted by molar-refractivity contribution is 5.92. The summed E-state index contributed by atoms with van der Waals surface area (Å²) in [7, 11) is 0. The van der Waals surface area contributed by atoms with Crippen LogP contribution in [0.1, 0.15) is 0 Å². The zero-order chi connectivity index (χ0) is 18.1. The van der Waals surface area contributed by atoms with Crippen molar-refractivity contribution in [1.29, 1.82) is 0 Å². The first-order valence-corrected chi connectivity index (χ1v) is 9.03. The van der Waals surface area contributed by atoms with Gasteiger partial charge in [0, 0.05) is 49.5 Å². The van der Waals surface area contributed by atoms with Gasteiger partial charge in [0.25, 0.3) is 0 Å². The molecule has 0 unspecified atom stereocenters. The van der Waals surface area contributed by atoms with Gasteiger partial charge in [-0.15, -0.1) is 0 Å². The van der Waals surface area contributed by atoms with E-state index in [1.54, 1.807) is 6.33 Å². The number of anilines is 2. The maximum absolute atomic E-state index is 4.61. The van der Waals surface area contributed by atoms with Gasteiger partial charge in [0.1, 0.15) is 18.0 Å². The molecule has 7 nitrogen and oxygen atoms in total. The van der Waals surface area contributed by atoms with E-state index in [-0.39, 0.29) is 0 Å². The minimum Gasteiger partial charge on any atom is -0.353 e. The highest BCUT2D eigenvalue weighted by Gasteiger charge is 2.21. The van der Waals surface area contributed by atoms with E-state index in [9.17, 15) is 0 Å². The Labute approximate surface area is 156 Å². The third-order valence-electron chi connectivity index (χ3n) is 5.00. The predicted molar refractivity (Wildman–Crippen MR) is 106 cm³/mol. The fourth-order valence-corrected chi connectivity index (χ4v) is 3.57. The SMILES string of the molecule is c1ccc(N2CCN(c3ncnc4ccc(-c5cn[nH]c5)cc34)CC2)nc1. The van der Waals surface area contributed by atoms with E-state index < -0.39 is 0 Å². The Balaban J connectivity index is 1.44. The summed E-state index contributed by atoms with van der Waals surface area (Å²) < 4.78 is 0. The summed E-state index contributed by atoms with van der Waals surface area (Å²) in [5.74, 6) is 2.03. The highest BCUT2D eigenvalue weighted by atomic mass is 15.3. The van der Waals surface area contributed by atoms with Crippen molar-refractivity contribution < 1.29 is 0 Å². The van der Waals surface area contributed by atoms with Gasteiger partial charge in [-0.1, -0.05) is 12.1 Å². The molecular formula is C20H19N7. The Morgan fingerprint density at radius 1 is 0.852 bits per heavy atom. The van der Waals surface area contributed by atoms with Crippen molar-refractivity contribution in [3.63, 3.8) is 0 Å². The van der Waals surface area contributed by atoms with Crippen LogP contribution in [-0.2, 0) is 0 Å². The van der Waals surface area contributed by atoms with Gasteiger partial charge in [-0.05, 0) is 29.8 Å². The van der Waals surface area contributed by atoms with Gasteiger partial charge in [0.05, 0.1) is 11.7 Å². The van der Waals surface area contributed by atoms with Crippen LogP contribution in [0.4, 0.5) is 11.6 Å². The number of hydrogen-bond donors (Lipinski definition) is 1. The Bertz CT molecular complexity index is 1040. The second-order valence-corrected chi connectivity index (χ2v) is 6.58. The van der Waals surface area contributed by atoms with E-state index in [0.29, 0.717) is 0 Å². The molecule has 4 heterocycles. The Morgan fingerprint density at radius 2 is 1.74 bits per heavy atom. The third-order valence-corrected chi connectivity index (χ3v) is 5.00. The normalized spacial score (nSPS) is 14.7. The number of nitrogens with zero attached hydrogens (tertiary/aromatic N) is 6. The number of hydrogen-bond acceptors (Lipinski definition) is 6. The molecule has 27 heavy (non-hydrogen) atoms. The van der Waals surface area contributed by atoms with Crippen molar-refractivity contribution in [3.05, 3.63) is 61.3 Å². The number of aromatic nitrogens is 5. The van der Waals surface area contributed by atoms with Gasteiger partial charge in [0.15, 0.2) is 0 Å². The van der Waals surface area contributed by atoms with Crippen molar-refractivity contribution >= 4 is 22.5 Å². The highest BCUT2D eigenvalue weighted by Crippen LogP contribution is 2.29. The Morgan fingerprint density at radius 3 is 2.52 bits per heavy atom. The zero-order valence-corrected chi connectivity index (χ0v) is 14.8. The van der Waals surface area contributed by atoms with Crippen molar-refractivity contribution in [2.24, 2.45) is 0 Å². The maximum atomic E-state index is 4.61. The van der Waals surface area contributed by atoms with Crippen LogP contribution >= 0.6 is 0 Å². The molecule has 4 aromatic rings. The van der Waals surface area contributed by atoms with Crippen LogP contribution in [0, 0.1) is 0 Å². The molecule has 0 bridgehead atoms. The number of nitrogens with one attached hydrogen (secondary N) is 1. The van der Waals surface area contributed by atoms with E-state index in [1.807, 2.05) is 36.8 Å². The van der Waals surface area contributed by atoms with Crippen molar-refractivity contribution in [3.8, 4) is 11.1 Å². The molecule has 0 aliphatic carbocycles. The van der Waals surface area contributed by atoms with Crippen LogP contribution < -0.4 is 9.80 Å². The van der Waals surface area contributed by atoms with Crippen LogP contribution in [0.5, 0.6) is 0 Å². The van der Waals surface area contributed by atoms with Crippen LogP contribution in [0.3, 0.4) is 0 Å². The molecule has 0 atom stereocenters. The van der Waals surface area contributed by atoms with Crippen LogP contribution in [0.15, 0.2) is 61.3 Å². The summed E-state index contributed by atoms with van der Waals surface area (Å²) in [6, 6.07) is 12.3.